The van der Waals surface area contributed by atoms with E-state index in [4.69, 9.17) is 0 Å². The lowest BCUT2D eigenvalue weighted by Crippen LogP contribution is -2.32. The fraction of sp³-hybridized carbons (Fsp3) is 0.0833. The quantitative estimate of drug-likeness (QED) is 0.541. The largest absolute Gasteiger partial charge is 0.350 e. The van der Waals surface area contributed by atoms with Gasteiger partial charge in [0.2, 0.25) is 0 Å². The fourth-order valence-electron chi connectivity index (χ4n) is 3.33. The maximum absolute atomic E-state index is 13.3. The molecule has 0 fully saturated rings. The molecule has 0 unspecified atom stereocenters. The smallest absolute Gasteiger partial charge is 0.282 e. The minimum Gasteiger partial charge on any atom is -0.350 e. The molecule has 3 aromatic rings. The van der Waals surface area contributed by atoms with Crippen LogP contribution in [-0.4, -0.2) is 11.8 Å². The van der Waals surface area contributed by atoms with E-state index in [1.807, 2.05) is 68.4 Å². The molecule has 0 saturated carbocycles. The molecule has 4 rings (SSSR count). The summed E-state index contributed by atoms with van der Waals surface area (Å²) in [6, 6.07) is 22.3. The first-order valence-corrected chi connectivity index (χ1v) is 10.0. The van der Waals surface area contributed by atoms with Gasteiger partial charge in [-0.15, -0.1) is 0 Å². The highest BCUT2D eigenvalue weighted by Crippen LogP contribution is 2.34. The van der Waals surface area contributed by atoms with Crippen LogP contribution >= 0.6 is 15.9 Å². The van der Waals surface area contributed by atoms with E-state index in [1.54, 1.807) is 18.2 Å². The summed E-state index contributed by atoms with van der Waals surface area (Å²) in [4.78, 5) is 27.9. The molecule has 4 nitrogen and oxygen atoms in total. The Morgan fingerprint density at radius 1 is 0.793 bits per heavy atom. The first-order valence-electron chi connectivity index (χ1n) is 9.24. The number of rotatable bonds is 4. The number of nitrogens with one attached hydrogen (secondary N) is 1. The molecule has 1 aliphatic rings. The van der Waals surface area contributed by atoms with Crippen LogP contribution in [-0.2, 0) is 9.59 Å². The topological polar surface area (TPSA) is 49.4 Å². The molecule has 1 aliphatic heterocycles. The standard InChI is InChI=1S/C24H19BrN2O2/c1-15-11-12-19(13-16(15)2)26-22-21(17-7-4-3-5-8-17)23(28)27(24(22)29)20-10-6-9-18(25)14-20/h3-14,26H,1-2H3. The third kappa shape index (κ3) is 3.61. The van der Waals surface area contributed by atoms with Crippen LogP contribution in [0.3, 0.4) is 0 Å². The summed E-state index contributed by atoms with van der Waals surface area (Å²) in [7, 11) is 0. The van der Waals surface area contributed by atoms with E-state index >= 15 is 0 Å². The average molecular weight is 447 g/mol. The van der Waals surface area contributed by atoms with Gasteiger partial charge in [0.1, 0.15) is 5.70 Å². The first kappa shape index (κ1) is 19.2. The van der Waals surface area contributed by atoms with Crippen molar-refractivity contribution in [1.29, 1.82) is 0 Å². The Bertz CT molecular complexity index is 1150. The lowest BCUT2D eigenvalue weighted by molar-refractivity contribution is -0.120. The molecule has 0 spiro atoms. The molecule has 2 amide bonds. The lowest BCUT2D eigenvalue weighted by Gasteiger charge is -2.16. The van der Waals surface area contributed by atoms with Crippen LogP contribution in [0.4, 0.5) is 11.4 Å². The number of carbonyl (C=O) groups excluding carboxylic acids is 2. The second kappa shape index (κ2) is 7.68. The Hall–Kier alpha value is -3.18. The summed E-state index contributed by atoms with van der Waals surface area (Å²) >= 11 is 3.41. The van der Waals surface area contributed by atoms with Crippen molar-refractivity contribution in [3.63, 3.8) is 0 Å². The van der Waals surface area contributed by atoms with Crippen LogP contribution < -0.4 is 10.2 Å². The van der Waals surface area contributed by atoms with Gasteiger partial charge in [0.15, 0.2) is 0 Å². The van der Waals surface area contributed by atoms with E-state index in [9.17, 15) is 9.59 Å². The number of nitrogens with zero attached hydrogens (tertiary/aromatic N) is 1. The van der Waals surface area contributed by atoms with E-state index in [-0.39, 0.29) is 17.5 Å². The minimum absolute atomic E-state index is 0.282. The number of hydrogen-bond donors (Lipinski definition) is 1. The SMILES string of the molecule is Cc1ccc(NC2=C(c3ccccc3)C(=O)N(c3cccc(Br)c3)C2=O)cc1C. The Labute approximate surface area is 178 Å². The minimum atomic E-state index is -0.370. The van der Waals surface area contributed by atoms with E-state index in [0.717, 1.165) is 21.3 Å². The molecule has 0 aromatic heterocycles. The summed E-state index contributed by atoms with van der Waals surface area (Å²) in [5.41, 5.74) is 4.93. The van der Waals surface area contributed by atoms with Gasteiger partial charge >= 0.3 is 0 Å². The van der Waals surface area contributed by atoms with Gasteiger partial charge in [-0.1, -0.05) is 58.4 Å². The highest BCUT2D eigenvalue weighted by Gasteiger charge is 2.40. The van der Waals surface area contributed by atoms with Crippen LogP contribution in [0.15, 0.2) is 83.0 Å². The maximum Gasteiger partial charge on any atom is 0.282 e. The van der Waals surface area contributed by atoms with Gasteiger partial charge in [0.25, 0.3) is 11.8 Å². The Kier molecular flexibility index (Phi) is 5.07. The zero-order valence-electron chi connectivity index (χ0n) is 16.1. The van der Waals surface area contributed by atoms with Crippen molar-refractivity contribution in [3.05, 3.63) is 99.7 Å². The van der Waals surface area contributed by atoms with E-state index in [1.165, 1.54) is 4.90 Å². The van der Waals surface area contributed by atoms with Gasteiger partial charge in [0.05, 0.1) is 11.3 Å². The number of aryl methyl sites for hydroxylation is 2. The summed E-state index contributed by atoms with van der Waals surface area (Å²) in [6.07, 6.45) is 0. The van der Waals surface area contributed by atoms with Gasteiger partial charge < -0.3 is 5.32 Å². The van der Waals surface area contributed by atoms with Gasteiger partial charge in [-0.05, 0) is 60.9 Å². The predicted molar refractivity (Wildman–Crippen MR) is 120 cm³/mol. The molecule has 0 radical (unpaired) electrons. The second-order valence-corrected chi connectivity index (χ2v) is 7.88. The zero-order chi connectivity index (χ0) is 20.5. The van der Waals surface area contributed by atoms with Crippen LogP contribution in [0.25, 0.3) is 5.57 Å². The Morgan fingerprint density at radius 3 is 2.24 bits per heavy atom. The molecule has 0 aliphatic carbocycles. The van der Waals surface area contributed by atoms with Gasteiger partial charge in [-0.3, -0.25) is 9.59 Å². The van der Waals surface area contributed by atoms with Crippen molar-refractivity contribution >= 4 is 44.7 Å². The molecule has 0 atom stereocenters. The van der Waals surface area contributed by atoms with Crippen LogP contribution in [0.5, 0.6) is 0 Å². The normalized spacial score (nSPS) is 14.0. The third-order valence-corrected chi connectivity index (χ3v) is 5.48. The Balaban J connectivity index is 1.82. The van der Waals surface area contributed by atoms with Crippen LogP contribution in [0.2, 0.25) is 0 Å². The van der Waals surface area contributed by atoms with Crippen LogP contribution in [0.1, 0.15) is 16.7 Å². The van der Waals surface area contributed by atoms with E-state index in [0.29, 0.717) is 16.8 Å². The summed E-state index contributed by atoms with van der Waals surface area (Å²) < 4.78 is 0.799. The number of carbonyl (C=O) groups is 2. The second-order valence-electron chi connectivity index (χ2n) is 6.97. The summed E-state index contributed by atoms with van der Waals surface area (Å²) in [6.45, 7) is 4.05. The summed E-state index contributed by atoms with van der Waals surface area (Å²) in [5.74, 6) is -0.712. The molecule has 3 aromatic carbocycles. The molecule has 5 heteroatoms. The number of hydrogen-bond acceptors (Lipinski definition) is 3. The van der Waals surface area contributed by atoms with Gasteiger partial charge in [-0.2, -0.15) is 0 Å². The summed E-state index contributed by atoms with van der Waals surface area (Å²) in [5, 5.41) is 3.21. The molecular weight excluding hydrogens is 428 g/mol. The maximum atomic E-state index is 13.3. The molecule has 144 valence electrons. The monoisotopic (exact) mass is 446 g/mol. The molecule has 29 heavy (non-hydrogen) atoms. The van der Waals surface area contributed by atoms with Crippen molar-refractivity contribution in [2.24, 2.45) is 0 Å². The zero-order valence-corrected chi connectivity index (χ0v) is 17.7. The molecular formula is C24H19BrN2O2. The van der Waals surface area contributed by atoms with E-state index in [2.05, 4.69) is 21.2 Å². The first-order chi connectivity index (χ1) is 14.0. The number of halogens is 1. The number of imide groups is 1. The lowest BCUT2D eigenvalue weighted by atomic mass is 10.0. The van der Waals surface area contributed by atoms with Crippen molar-refractivity contribution in [3.8, 4) is 0 Å². The number of amides is 2. The number of anilines is 2. The highest BCUT2D eigenvalue weighted by molar-refractivity contribution is 9.10. The van der Waals surface area contributed by atoms with Gasteiger partial charge in [0, 0.05) is 10.2 Å². The van der Waals surface area contributed by atoms with Crippen LogP contribution in [0, 0.1) is 13.8 Å². The average Bonchev–Trinajstić information content (AvgIpc) is 2.95. The third-order valence-electron chi connectivity index (χ3n) is 4.99. The van der Waals surface area contributed by atoms with E-state index < -0.39 is 0 Å². The van der Waals surface area contributed by atoms with Crippen molar-refractivity contribution < 1.29 is 9.59 Å². The predicted octanol–water partition coefficient (Wildman–Crippen LogP) is 5.46. The number of benzene rings is 3. The Morgan fingerprint density at radius 2 is 1.55 bits per heavy atom. The highest BCUT2D eigenvalue weighted by atomic mass is 79.9. The van der Waals surface area contributed by atoms with Crippen molar-refractivity contribution in [2.75, 3.05) is 10.2 Å². The molecule has 0 saturated heterocycles. The van der Waals surface area contributed by atoms with Crippen molar-refractivity contribution in [2.45, 2.75) is 13.8 Å². The van der Waals surface area contributed by atoms with Crippen molar-refractivity contribution in [1.82, 2.24) is 0 Å². The molecule has 0 bridgehead atoms. The molecule has 1 heterocycles. The van der Waals surface area contributed by atoms with Gasteiger partial charge in [-0.25, -0.2) is 4.90 Å². The molecule has 1 N–H and O–H groups in total. The fourth-order valence-corrected chi connectivity index (χ4v) is 3.72.